The van der Waals surface area contributed by atoms with Gasteiger partial charge in [0, 0.05) is 54.8 Å². The van der Waals surface area contributed by atoms with Crippen LogP contribution in [0.5, 0.6) is 11.6 Å². The van der Waals surface area contributed by atoms with E-state index in [1.165, 1.54) is 12.8 Å². The number of hydrogen-bond donors (Lipinski definition) is 1. The Kier molecular flexibility index (Phi) is 9.37. The maximum absolute atomic E-state index is 11.3. The van der Waals surface area contributed by atoms with Gasteiger partial charge in [-0.05, 0) is 92.1 Å². The number of hydrogen-bond acceptors (Lipinski definition) is 6. The molecule has 4 heterocycles. The number of piperidine rings is 2. The molecule has 0 saturated carbocycles. The summed E-state index contributed by atoms with van der Waals surface area (Å²) in [7, 11) is 0. The van der Waals surface area contributed by atoms with E-state index >= 15 is 0 Å². The minimum absolute atomic E-state index is 0.0330. The molecule has 0 aliphatic carbocycles. The number of anilines is 1. The van der Waals surface area contributed by atoms with Gasteiger partial charge in [-0.15, -0.1) is 0 Å². The van der Waals surface area contributed by atoms with Crippen molar-refractivity contribution >= 4 is 34.9 Å². The predicted octanol–water partition coefficient (Wildman–Crippen LogP) is 7.22. The molecule has 1 amide bonds. The maximum atomic E-state index is 11.3. The van der Waals surface area contributed by atoms with Crippen molar-refractivity contribution in [2.45, 2.75) is 53.0 Å². The van der Waals surface area contributed by atoms with E-state index in [9.17, 15) is 4.79 Å². The van der Waals surface area contributed by atoms with Crippen molar-refractivity contribution in [3.05, 3.63) is 64.3 Å². The Morgan fingerprint density at radius 2 is 1.83 bits per heavy atom. The van der Waals surface area contributed by atoms with Gasteiger partial charge in [0.1, 0.15) is 11.6 Å². The largest absolute Gasteiger partial charge is 0.437 e. The third kappa shape index (κ3) is 8.34. The highest BCUT2D eigenvalue weighted by molar-refractivity contribution is 6.35. The highest BCUT2D eigenvalue weighted by atomic mass is 35.5. The van der Waals surface area contributed by atoms with E-state index in [0.717, 1.165) is 74.7 Å². The minimum Gasteiger partial charge on any atom is -0.437 e. The summed E-state index contributed by atoms with van der Waals surface area (Å²) in [5.41, 5.74) is 2.98. The Bertz CT molecular complexity index is 1340. The first-order chi connectivity index (χ1) is 19.6. The van der Waals surface area contributed by atoms with Crippen LogP contribution in [0.3, 0.4) is 0 Å². The van der Waals surface area contributed by atoms with Crippen molar-refractivity contribution in [3.8, 4) is 22.9 Å². The topological polar surface area (TPSA) is 70.6 Å². The average molecular weight is 597 g/mol. The quantitative estimate of drug-likeness (QED) is 0.296. The zero-order valence-electron chi connectivity index (χ0n) is 24.1. The maximum Gasteiger partial charge on any atom is 0.220 e. The smallest absolute Gasteiger partial charge is 0.220 e. The molecule has 41 heavy (non-hydrogen) atoms. The average Bonchev–Trinajstić information content (AvgIpc) is 2.92. The number of ether oxygens (including phenoxy) is 1. The van der Waals surface area contributed by atoms with Crippen molar-refractivity contribution in [1.82, 2.24) is 20.2 Å². The van der Waals surface area contributed by atoms with Crippen molar-refractivity contribution < 1.29 is 9.53 Å². The second-order valence-corrected chi connectivity index (χ2v) is 13.0. The number of halogens is 2. The fourth-order valence-corrected chi connectivity index (χ4v) is 6.33. The number of carbonyl (C=O) groups is 1. The van der Waals surface area contributed by atoms with Gasteiger partial charge in [-0.25, -0.2) is 9.97 Å². The lowest BCUT2D eigenvalue weighted by Gasteiger charge is -2.38. The molecule has 2 aromatic heterocycles. The molecule has 5 rings (SSSR count). The fraction of sp³-hybridized carbons (Fsp3) is 0.469. The first-order valence-electron chi connectivity index (χ1n) is 14.4. The number of benzene rings is 1. The molecule has 0 spiro atoms. The van der Waals surface area contributed by atoms with Gasteiger partial charge < -0.3 is 15.0 Å². The molecule has 9 heteroatoms. The zero-order valence-corrected chi connectivity index (χ0v) is 25.6. The Morgan fingerprint density at radius 1 is 1.07 bits per heavy atom. The second kappa shape index (κ2) is 13.0. The van der Waals surface area contributed by atoms with E-state index in [1.54, 1.807) is 19.2 Å². The number of rotatable bonds is 8. The van der Waals surface area contributed by atoms with Crippen LogP contribution in [0.2, 0.25) is 10.0 Å². The van der Waals surface area contributed by atoms with Crippen LogP contribution in [0.4, 0.5) is 5.82 Å². The summed E-state index contributed by atoms with van der Waals surface area (Å²) in [6.07, 6.45) is 6.30. The zero-order chi connectivity index (χ0) is 29.0. The summed E-state index contributed by atoms with van der Waals surface area (Å²) in [6, 6.07) is 13.5. The van der Waals surface area contributed by atoms with Crippen molar-refractivity contribution in [1.29, 1.82) is 0 Å². The number of likely N-dealkylation sites (tertiary alicyclic amines) is 1. The van der Waals surface area contributed by atoms with E-state index < -0.39 is 0 Å². The van der Waals surface area contributed by atoms with Crippen LogP contribution in [0, 0.1) is 11.3 Å². The normalized spacial score (nSPS) is 17.8. The SMILES string of the molecule is CC(=O)NCC1CCN(Cc2cc(Oc3ccc(N4CCCC(C)(C)C4)nc3)nc(-c3cc(Cl)cc(Cl)c3)c2)CC1. The van der Waals surface area contributed by atoms with Crippen molar-refractivity contribution in [3.63, 3.8) is 0 Å². The summed E-state index contributed by atoms with van der Waals surface area (Å²) in [6.45, 7) is 11.7. The molecule has 2 aliphatic heterocycles. The summed E-state index contributed by atoms with van der Waals surface area (Å²) < 4.78 is 6.27. The van der Waals surface area contributed by atoms with E-state index in [4.69, 9.17) is 37.9 Å². The standard InChI is InChI=1S/C32H39Cl2N5O2/c1-22(40)35-18-23-7-11-38(12-8-23)20-24-13-29(25-15-26(33)17-27(34)16-25)37-31(14-24)41-28-5-6-30(36-19-28)39-10-4-9-32(2,3)21-39/h5-6,13-17,19,23H,4,7-12,18,20-21H2,1-3H3,(H,35,40). The van der Waals surface area contributed by atoms with Gasteiger partial charge in [0.05, 0.1) is 11.9 Å². The molecular formula is C32H39Cl2N5O2. The fourth-order valence-electron chi connectivity index (χ4n) is 5.81. The molecule has 0 radical (unpaired) electrons. The lowest BCUT2D eigenvalue weighted by atomic mass is 9.84. The molecule has 0 atom stereocenters. The highest BCUT2D eigenvalue weighted by Gasteiger charge is 2.27. The van der Waals surface area contributed by atoms with Crippen LogP contribution in [0.1, 0.15) is 52.0 Å². The van der Waals surface area contributed by atoms with Gasteiger partial charge in [-0.2, -0.15) is 0 Å². The molecular weight excluding hydrogens is 557 g/mol. The third-order valence-corrected chi connectivity index (χ3v) is 8.38. The van der Waals surface area contributed by atoms with Crippen LogP contribution in [-0.4, -0.2) is 53.5 Å². The van der Waals surface area contributed by atoms with E-state index in [0.29, 0.717) is 33.0 Å². The molecule has 7 nitrogen and oxygen atoms in total. The van der Waals surface area contributed by atoms with Gasteiger partial charge in [0.25, 0.3) is 0 Å². The molecule has 1 aromatic carbocycles. The molecule has 0 bridgehead atoms. The van der Waals surface area contributed by atoms with Gasteiger partial charge in [0.2, 0.25) is 11.8 Å². The van der Waals surface area contributed by atoms with Crippen molar-refractivity contribution in [2.24, 2.45) is 11.3 Å². The Morgan fingerprint density at radius 3 is 2.49 bits per heavy atom. The number of aromatic nitrogens is 2. The summed E-state index contributed by atoms with van der Waals surface area (Å²) in [4.78, 5) is 25.6. The molecule has 218 valence electrons. The summed E-state index contributed by atoms with van der Waals surface area (Å²) in [5, 5.41) is 4.08. The van der Waals surface area contributed by atoms with E-state index in [2.05, 4.69) is 35.0 Å². The summed E-state index contributed by atoms with van der Waals surface area (Å²) >= 11 is 12.7. The first kappa shape index (κ1) is 29.6. The van der Waals surface area contributed by atoms with Crippen LogP contribution in [0.15, 0.2) is 48.7 Å². The third-order valence-electron chi connectivity index (χ3n) is 7.94. The Labute approximate surface area is 253 Å². The lowest BCUT2D eigenvalue weighted by molar-refractivity contribution is -0.119. The number of amides is 1. The predicted molar refractivity (Wildman–Crippen MR) is 166 cm³/mol. The molecule has 2 saturated heterocycles. The number of carbonyl (C=O) groups excluding carboxylic acids is 1. The van der Waals surface area contributed by atoms with Gasteiger partial charge >= 0.3 is 0 Å². The monoisotopic (exact) mass is 595 g/mol. The van der Waals surface area contributed by atoms with Crippen LogP contribution in [0.25, 0.3) is 11.3 Å². The number of nitrogens with zero attached hydrogens (tertiary/aromatic N) is 4. The number of nitrogens with one attached hydrogen (secondary N) is 1. The molecule has 2 fully saturated rings. The van der Waals surface area contributed by atoms with Gasteiger partial charge in [0.15, 0.2) is 0 Å². The molecule has 1 N–H and O–H groups in total. The molecule has 0 unspecified atom stereocenters. The number of pyridine rings is 2. The highest BCUT2D eigenvalue weighted by Crippen LogP contribution is 2.33. The molecule has 3 aromatic rings. The lowest BCUT2D eigenvalue weighted by Crippen LogP contribution is -2.40. The minimum atomic E-state index is 0.0330. The van der Waals surface area contributed by atoms with Crippen LogP contribution >= 0.6 is 23.2 Å². The summed E-state index contributed by atoms with van der Waals surface area (Å²) in [5.74, 6) is 2.67. The van der Waals surface area contributed by atoms with E-state index in [-0.39, 0.29) is 5.91 Å². The second-order valence-electron chi connectivity index (χ2n) is 12.2. The Balaban J connectivity index is 1.33. The van der Waals surface area contributed by atoms with Gasteiger partial charge in [-0.3, -0.25) is 9.69 Å². The molecule has 2 aliphatic rings. The van der Waals surface area contributed by atoms with Crippen LogP contribution in [-0.2, 0) is 11.3 Å². The van der Waals surface area contributed by atoms with Crippen molar-refractivity contribution in [2.75, 3.05) is 37.6 Å². The van der Waals surface area contributed by atoms with E-state index in [1.807, 2.05) is 30.3 Å². The Hall–Kier alpha value is -2.87. The first-order valence-corrected chi connectivity index (χ1v) is 15.2. The van der Waals surface area contributed by atoms with Crippen LogP contribution < -0.4 is 15.0 Å². The van der Waals surface area contributed by atoms with Gasteiger partial charge in [-0.1, -0.05) is 37.0 Å².